The van der Waals surface area contributed by atoms with E-state index in [1.54, 1.807) is 12.4 Å². The predicted octanol–water partition coefficient (Wildman–Crippen LogP) is 12.0. The SMILES string of the molecule is C=C[C@@]1(C)CN2CCC1C[C@@H]2[C@@H](O)c1ccnc2ccc(CO)cc12.C=C[C@H]1CN2CCC1C[C@@H]2[C@@H](O)c1ccnc2ccccc12.C=C[C@H]1CN2CCC1C[C@@H]2[C@H](O)c1ccnc2ccc(CO)cc12.C=C[C@H]1CN2CCC1C[C@@H]2[C@H](O)c1ccnc2ccccc12. The molecule has 12 fully saturated rings. The molecule has 20 rings (SSSR count). The second-order valence-electron chi connectivity index (χ2n) is 28.1. The quantitative estimate of drug-likeness (QED) is 0.0565. The van der Waals surface area contributed by atoms with E-state index in [-0.39, 0.29) is 42.8 Å². The summed E-state index contributed by atoms with van der Waals surface area (Å²) in [5.74, 6) is 4.30. The summed E-state index contributed by atoms with van der Waals surface area (Å²) < 4.78 is 0. The lowest BCUT2D eigenvalue weighted by Gasteiger charge is -2.55. The highest BCUT2D eigenvalue weighted by Gasteiger charge is 2.49. The van der Waals surface area contributed by atoms with Gasteiger partial charge in [-0.3, -0.25) is 39.5 Å². The minimum Gasteiger partial charge on any atom is -0.392 e. The third-order valence-corrected chi connectivity index (χ3v) is 23.3. The number of benzene rings is 4. The molecule has 14 nitrogen and oxygen atoms in total. The van der Waals surface area contributed by atoms with Crippen LogP contribution in [-0.2, 0) is 13.2 Å². The molecule has 14 heteroatoms. The van der Waals surface area contributed by atoms with Gasteiger partial charge in [0, 0.05) is 102 Å². The van der Waals surface area contributed by atoms with Crippen molar-refractivity contribution < 1.29 is 30.6 Å². The second kappa shape index (κ2) is 28.2. The lowest BCUT2D eigenvalue weighted by molar-refractivity contribution is -0.0759. The maximum Gasteiger partial charge on any atom is 0.0952 e. The van der Waals surface area contributed by atoms with E-state index in [2.05, 4.69) is 109 Å². The molecule has 8 aromatic rings. The average molecular weight is 1250 g/mol. The summed E-state index contributed by atoms with van der Waals surface area (Å²) in [6.45, 7) is 26.6. The van der Waals surface area contributed by atoms with Crippen LogP contribution in [0.15, 0.2) is 185 Å². The van der Waals surface area contributed by atoms with Gasteiger partial charge in [0.2, 0.25) is 0 Å². The monoisotopic (exact) mass is 1250 g/mol. The standard InChI is InChI=1S/C21H26N2O2.C20H24N2O2.2C19H22N2O/c1-3-21(2)13-23-9-7-15(21)11-19(23)20(25)16-6-8-22-18-5-4-14(12-24)10-17(16)18;1-2-14-11-22-8-6-15(14)10-19(22)20(24)16-5-7-21-18-4-3-13(12-23)9-17(16)18;2*1-2-13-12-21-10-8-14(13)11-18(21)19(22)16-7-9-20-17-6-4-3-5-15(16)17/h3-6,8,10,15,19-20,24-25H,1,7,9,11-13H2,2H3;2-5,7,9,14-15,19-20,23-24H,1,6,8,10-12H2;2*2-7,9,13-14,18-19,22H,1,8,10-12H2/t15?,19-,20+,21+;14-,15?,19+,20+;13-,14?,18+,19+;13-,14?,18+,19-/m1000/s1. The number of hydrogen-bond donors (Lipinski definition) is 6. The molecule has 8 bridgehead atoms. The van der Waals surface area contributed by atoms with Crippen LogP contribution in [0.25, 0.3) is 43.6 Å². The summed E-state index contributed by atoms with van der Waals surface area (Å²) in [7, 11) is 0. The summed E-state index contributed by atoms with van der Waals surface area (Å²) in [4.78, 5) is 27.4. The Kier molecular flexibility index (Phi) is 19.6. The van der Waals surface area contributed by atoms with Crippen LogP contribution in [0, 0.1) is 46.8 Å². The molecule has 12 saturated heterocycles. The predicted molar refractivity (Wildman–Crippen MR) is 370 cm³/mol. The van der Waals surface area contributed by atoms with E-state index in [1.807, 2.05) is 109 Å². The first-order valence-electron chi connectivity index (χ1n) is 34.2. The van der Waals surface area contributed by atoms with Gasteiger partial charge in [-0.15, -0.1) is 26.3 Å². The van der Waals surface area contributed by atoms with Crippen molar-refractivity contribution in [2.45, 2.75) is 120 Å². The number of pyridine rings is 4. The number of piperidine rings is 12. The lowest BCUT2D eigenvalue weighted by Crippen LogP contribution is -2.58. The zero-order valence-electron chi connectivity index (χ0n) is 54.0. The van der Waals surface area contributed by atoms with Crippen molar-refractivity contribution >= 4 is 43.6 Å². The van der Waals surface area contributed by atoms with Crippen LogP contribution >= 0.6 is 0 Å². The number of fused-ring (bicyclic) bond motifs is 16. The summed E-state index contributed by atoms with van der Waals surface area (Å²) in [5.41, 5.74) is 9.35. The minimum absolute atomic E-state index is 0.000980. The van der Waals surface area contributed by atoms with E-state index in [0.29, 0.717) is 41.4 Å². The van der Waals surface area contributed by atoms with E-state index in [9.17, 15) is 30.6 Å². The van der Waals surface area contributed by atoms with Gasteiger partial charge in [-0.2, -0.15) is 0 Å². The van der Waals surface area contributed by atoms with Crippen LogP contribution in [0.2, 0.25) is 0 Å². The highest BCUT2D eigenvalue weighted by atomic mass is 16.3. The molecule has 4 aromatic carbocycles. The van der Waals surface area contributed by atoms with Crippen LogP contribution in [-0.4, -0.2) is 147 Å². The highest BCUT2D eigenvalue weighted by Crippen LogP contribution is 2.49. The molecule has 12 aliphatic heterocycles. The molecule has 0 saturated carbocycles. The van der Waals surface area contributed by atoms with Gasteiger partial charge < -0.3 is 30.6 Å². The molecular weight excluding hydrogens is 1160 g/mol. The van der Waals surface area contributed by atoms with Gasteiger partial charge in [0.05, 0.1) is 59.7 Å². The number of nitrogens with zero attached hydrogens (tertiary/aromatic N) is 8. The Morgan fingerprint density at radius 3 is 1.11 bits per heavy atom. The maximum atomic E-state index is 11.2. The Morgan fingerprint density at radius 1 is 0.441 bits per heavy atom. The van der Waals surface area contributed by atoms with Crippen LogP contribution in [0.4, 0.5) is 0 Å². The molecular formula is C79H94N8O6. The molecule has 12 aliphatic rings. The zero-order valence-corrected chi connectivity index (χ0v) is 54.0. The number of aliphatic hydroxyl groups excluding tert-OH is 6. The molecule has 4 aromatic heterocycles. The molecule has 0 aliphatic carbocycles. The maximum absolute atomic E-state index is 11.2. The van der Waals surface area contributed by atoms with Gasteiger partial charge >= 0.3 is 0 Å². The highest BCUT2D eigenvalue weighted by molar-refractivity contribution is 5.85. The van der Waals surface area contributed by atoms with Gasteiger partial charge in [0.25, 0.3) is 0 Å². The number of rotatable bonds is 14. The third-order valence-electron chi connectivity index (χ3n) is 23.3. The number of aliphatic hydroxyl groups is 6. The lowest BCUT2D eigenvalue weighted by atomic mass is 9.65. The Hall–Kier alpha value is -6.92. The second-order valence-corrected chi connectivity index (χ2v) is 28.1. The third kappa shape index (κ3) is 12.9. The van der Waals surface area contributed by atoms with Crippen molar-refractivity contribution in [3.8, 4) is 0 Å². The van der Waals surface area contributed by atoms with E-state index in [0.717, 1.165) is 155 Å². The zero-order chi connectivity index (χ0) is 64.5. The molecule has 8 unspecified atom stereocenters. The van der Waals surface area contributed by atoms with Gasteiger partial charge in [-0.1, -0.05) is 79.8 Å². The summed E-state index contributed by atoms with van der Waals surface area (Å²) in [6.07, 6.45) is 22.5. The fourth-order valence-electron chi connectivity index (χ4n) is 17.8. The Bertz CT molecular complexity index is 3850. The summed E-state index contributed by atoms with van der Waals surface area (Å²) in [6, 6.07) is 36.2. The van der Waals surface area contributed by atoms with Crippen LogP contribution in [0.1, 0.15) is 116 Å². The van der Waals surface area contributed by atoms with Gasteiger partial charge in [0.15, 0.2) is 0 Å². The summed E-state index contributed by atoms with van der Waals surface area (Å²) in [5, 5.41) is 67.3. The van der Waals surface area contributed by atoms with Crippen LogP contribution in [0.5, 0.6) is 0 Å². The first-order chi connectivity index (χ1) is 45.3. The topological polar surface area (TPSA) is 186 Å². The molecule has 6 N–H and O–H groups in total. The van der Waals surface area contributed by atoms with Gasteiger partial charge in [-0.25, -0.2) is 0 Å². The molecule has 20 atom stereocenters. The average Bonchev–Trinajstić information content (AvgIpc) is 0.848. The van der Waals surface area contributed by atoms with Crippen molar-refractivity contribution in [3.63, 3.8) is 0 Å². The Labute approximate surface area is 548 Å². The van der Waals surface area contributed by atoms with E-state index in [1.165, 1.54) is 25.7 Å². The van der Waals surface area contributed by atoms with Crippen molar-refractivity contribution in [2.24, 2.45) is 46.8 Å². The van der Waals surface area contributed by atoms with Crippen molar-refractivity contribution in [3.05, 3.63) is 218 Å². The fraction of sp³-hybridized carbons (Fsp3) is 0.443. The summed E-state index contributed by atoms with van der Waals surface area (Å²) >= 11 is 0. The molecule has 0 spiro atoms. The van der Waals surface area contributed by atoms with Gasteiger partial charge in [0.1, 0.15) is 0 Å². The van der Waals surface area contributed by atoms with Crippen molar-refractivity contribution in [1.82, 2.24) is 39.5 Å². The van der Waals surface area contributed by atoms with E-state index < -0.39 is 24.4 Å². The smallest absolute Gasteiger partial charge is 0.0952 e. The van der Waals surface area contributed by atoms with Crippen LogP contribution < -0.4 is 0 Å². The van der Waals surface area contributed by atoms with Crippen molar-refractivity contribution in [1.29, 1.82) is 0 Å². The van der Waals surface area contributed by atoms with Crippen molar-refractivity contribution in [2.75, 3.05) is 52.4 Å². The normalized spacial score (nSPS) is 31.8. The molecule has 93 heavy (non-hydrogen) atoms. The Balaban J connectivity index is 0.000000113. The first kappa shape index (κ1) is 64.8. The minimum atomic E-state index is -0.545. The molecule has 16 heterocycles. The molecule has 0 radical (unpaired) electrons. The number of hydrogen-bond acceptors (Lipinski definition) is 14. The number of para-hydroxylation sites is 2. The Morgan fingerprint density at radius 2 is 0.785 bits per heavy atom. The largest absolute Gasteiger partial charge is 0.392 e. The van der Waals surface area contributed by atoms with E-state index in [4.69, 9.17) is 0 Å². The van der Waals surface area contributed by atoms with E-state index >= 15 is 0 Å². The number of aromatic nitrogens is 4. The van der Waals surface area contributed by atoms with Gasteiger partial charge in [-0.05, 0) is 213 Å². The molecule has 486 valence electrons. The first-order valence-corrected chi connectivity index (χ1v) is 34.2. The molecule has 0 amide bonds. The fourth-order valence-corrected chi connectivity index (χ4v) is 17.8. The van der Waals surface area contributed by atoms with Crippen LogP contribution in [0.3, 0.4) is 0 Å².